The number of nitro groups is 1. The van der Waals surface area contributed by atoms with Gasteiger partial charge in [0, 0.05) is 11.6 Å². The van der Waals surface area contributed by atoms with E-state index in [1.54, 1.807) is 6.92 Å². The quantitative estimate of drug-likeness (QED) is 0.495. The van der Waals surface area contributed by atoms with E-state index in [2.05, 4.69) is 4.98 Å². The minimum atomic E-state index is -4.27. The molecule has 0 atom stereocenters. The molecule has 0 bridgehead atoms. The van der Waals surface area contributed by atoms with Crippen LogP contribution in [-0.4, -0.2) is 24.2 Å². The zero-order chi connectivity index (χ0) is 19.8. The maximum Gasteiger partial charge on any atom is 0.276 e. The van der Waals surface area contributed by atoms with Crippen molar-refractivity contribution in [1.29, 1.82) is 0 Å². The van der Waals surface area contributed by atoms with E-state index in [4.69, 9.17) is 0 Å². The molecule has 2 aromatic heterocycles. The summed E-state index contributed by atoms with van der Waals surface area (Å²) in [5, 5.41) is 13.6. The summed E-state index contributed by atoms with van der Waals surface area (Å²) in [6.45, 7) is 3.10. The number of thiophene rings is 1. The Morgan fingerprint density at radius 2 is 2.04 bits per heavy atom. The Morgan fingerprint density at radius 3 is 2.67 bits per heavy atom. The van der Waals surface area contributed by atoms with Gasteiger partial charge in [0.05, 0.1) is 20.9 Å². The molecule has 0 radical (unpaired) electrons. The fourth-order valence-electron chi connectivity index (χ4n) is 2.28. The minimum absolute atomic E-state index is 0.125. The molecule has 0 aliphatic rings. The summed E-state index contributed by atoms with van der Waals surface area (Å²) in [6, 6.07) is 5.93. The number of amides is 1. The number of aromatic nitrogens is 1. The first-order chi connectivity index (χ1) is 12.7. The predicted octanol–water partition coefficient (Wildman–Crippen LogP) is 3.52. The number of nitrogens with one attached hydrogen (secondary N) is 1. The Labute approximate surface area is 162 Å². The van der Waals surface area contributed by atoms with Crippen LogP contribution in [0.1, 0.15) is 20.8 Å². The Morgan fingerprint density at radius 1 is 1.30 bits per heavy atom. The summed E-state index contributed by atoms with van der Waals surface area (Å²) < 4.78 is 27.0. The maximum absolute atomic E-state index is 12.5. The van der Waals surface area contributed by atoms with Crippen molar-refractivity contribution in [2.75, 3.05) is 0 Å². The number of rotatable bonds is 5. The number of hydrogen-bond donors (Lipinski definition) is 1. The van der Waals surface area contributed by atoms with Gasteiger partial charge in [-0.3, -0.25) is 14.9 Å². The van der Waals surface area contributed by atoms with Crippen molar-refractivity contribution in [2.45, 2.75) is 18.7 Å². The minimum Gasteiger partial charge on any atom is -0.267 e. The van der Waals surface area contributed by atoms with Crippen molar-refractivity contribution in [3.05, 3.63) is 62.0 Å². The molecule has 8 nitrogen and oxygen atoms in total. The van der Waals surface area contributed by atoms with Gasteiger partial charge in [-0.15, -0.1) is 22.7 Å². The molecular formula is C16H13N3O5S3. The molecule has 3 aromatic rings. The Balaban J connectivity index is 1.89. The van der Waals surface area contributed by atoms with E-state index < -0.39 is 20.9 Å². The van der Waals surface area contributed by atoms with Gasteiger partial charge in [0.15, 0.2) is 0 Å². The smallest absolute Gasteiger partial charge is 0.267 e. The molecule has 1 aromatic carbocycles. The third-order valence-electron chi connectivity index (χ3n) is 3.81. The second kappa shape index (κ2) is 7.18. The number of nitro benzene ring substituents is 1. The predicted molar refractivity (Wildman–Crippen MR) is 103 cm³/mol. The van der Waals surface area contributed by atoms with Crippen molar-refractivity contribution in [3.8, 4) is 9.88 Å². The highest BCUT2D eigenvalue weighted by Gasteiger charge is 2.25. The number of carbonyl (C=O) groups excluding carboxylic acids is 1. The van der Waals surface area contributed by atoms with Gasteiger partial charge >= 0.3 is 0 Å². The van der Waals surface area contributed by atoms with Crippen molar-refractivity contribution in [2.24, 2.45) is 0 Å². The SMILES string of the molecule is Cc1cc(S(=O)(=O)NC(=O)c2cnc(-c3cccs3)s2)cc([N+](=O)[O-])c1C. The molecule has 1 amide bonds. The van der Waals surface area contributed by atoms with Crippen LogP contribution in [-0.2, 0) is 10.0 Å². The molecule has 0 unspecified atom stereocenters. The topological polar surface area (TPSA) is 119 Å². The number of aryl methyl sites for hydroxylation is 1. The summed E-state index contributed by atoms with van der Waals surface area (Å²) in [7, 11) is -4.27. The van der Waals surface area contributed by atoms with Crippen LogP contribution in [0.5, 0.6) is 0 Å². The van der Waals surface area contributed by atoms with Crippen LogP contribution >= 0.6 is 22.7 Å². The Hall–Kier alpha value is -2.63. The van der Waals surface area contributed by atoms with E-state index in [1.807, 2.05) is 22.2 Å². The van der Waals surface area contributed by atoms with E-state index in [0.29, 0.717) is 16.1 Å². The lowest BCUT2D eigenvalue weighted by Gasteiger charge is -2.08. The number of sulfonamides is 1. The van der Waals surface area contributed by atoms with Gasteiger partial charge in [-0.25, -0.2) is 18.1 Å². The number of thiazole rings is 1. The molecule has 0 aliphatic carbocycles. The molecule has 0 saturated carbocycles. The van der Waals surface area contributed by atoms with Crippen LogP contribution in [0.25, 0.3) is 9.88 Å². The van der Waals surface area contributed by atoms with Crippen LogP contribution in [0.2, 0.25) is 0 Å². The zero-order valence-corrected chi connectivity index (χ0v) is 16.6. The van der Waals surface area contributed by atoms with Crippen LogP contribution in [0.15, 0.2) is 40.7 Å². The van der Waals surface area contributed by atoms with E-state index >= 15 is 0 Å². The Kier molecular flexibility index (Phi) is 5.09. The summed E-state index contributed by atoms with van der Waals surface area (Å²) in [4.78, 5) is 27.6. The monoisotopic (exact) mass is 423 g/mol. The average Bonchev–Trinajstić information content (AvgIpc) is 3.27. The summed E-state index contributed by atoms with van der Waals surface area (Å²) in [5.41, 5.74) is 0.490. The van der Waals surface area contributed by atoms with Gasteiger partial charge in [0.25, 0.3) is 21.6 Å². The number of benzene rings is 1. The molecule has 1 N–H and O–H groups in total. The lowest BCUT2D eigenvalue weighted by Crippen LogP contribution is -2.30. The molecule has 2 heterocycles. The fourth-order valence-corrected chi connectivity index (χ4v) is 5.03. The molecule has 3 rings (SSSR count). The number of carbonyl (C=O) groups is 1. The van der Waals surface area contributed by atoms with Crippen molar-refractivity contribution in [1.82, 2.24) is 9.71 Å². The van der Waals surface area contributed by atoms with Crippen LogP contribution < -0.4 is 4.72 Å². The lowest BCUT2D eigenvalue weighted by molar-refractivity contribution is -0.385. The van der Waals surface area contributed by atoms with E-state index in [9.17, 15) is 23.3 Å². The highest BCUT2D eigenvalue weighted by atomic mass is 32.2. The molecule has 0 spiro atoms. The van der Waals surface area contributed by atoms with E-state index in [0.717, 1.165) is 22.3 Å². The van der Waals surface area contributed by atoms with Crippen LogP contribution in [0, 0.1) is 24.0 Å². The first-order valence-corrected chi connectivity index (χ1v) is 10.7. The first kappa shape index (κ1) is 19.1. The molecule has 0 aliphatic heterocycles. The normalized spacial score (nSPS) is 11.3. The average molecular weight is 423 g/mol. The lowest BCUT2D eigenvalue weighted by atomic mass is 10.1. The third-order valence-corrected chi connectivity index (χ3v) is 7.15. The standard InChI is InChI=1S/C16H13N3O5S3/c1-9-6-11(7-12(10(9)2)19(21)22)27(23,24)18-15(20)14-8-17-16(26-14)13-4-3-5-25-13/h3-8H,1-2H3,(H,18,20). The first-order valence-electron chi connectivity index (χ1n) is 7.51. The van der Waals surface area contributed by atoms with Crippen molar-refractivity contribution >= 4 is 44.3 Å². The van der Waals surface area contributed by atoms with E-state index in [1.165, 1.54) is 30.5 Å². The molecule has 140 valence electrons. The van der Waals surface area contributed by atoms with E-state index in [-0.39, 0.29) is 15.5 Å². The van der Waals surface area contributed by atoms with Crippen molar-refractivity contribution in [3.63, 3.8) is 0 Å². The summed E-state index contributed by atoms with van der Waals surface area (Å²) in [6.07, 6.45) is 1.30. The van der Waals surface area contributed by atoms with Gasteiger partial charge in [0.1, 0.15) is 9.88 Å². The van der Waals surface area contributed by atoms with Gasteiger partial charge in [-0.1, -0.05) is 6.07 Å². The summed E-state index contributed by atoms with van der Waals surface area (Å²) >= 11 is 2.52. The van der Waals surface area contributed by atoms with Crippen LogP contribution in [0.3, 0.4) is 0 Å². The van der Waals surface area contributed by atoms with Gasteiger partial charge in [0.2, 0.25) is 0 Å². The molecule has 27 heavy (non-hydrogen) atoms. The molecule has 11 heteroatoms. The van der Waals surface area contributed by atoms with Gasteiger partial charge in [-0.05, 0) is 36.9 Å². The highest BCUT2D eigenvalue weighted by Crippen LogP contribution is 2.29. The van der Waals surface area contributed by atoms with Crippen LogP contribution in [0.4, 0.5) is 5.69 Å². The fraction of sp³-hybridized carbons (Fsp3) is 0.125. The summed E-state index contributed by atoms with van der Waals surface area (Å²) in [5.74, 6) is -0.837. The largest absolute Gasteiger partial charge is 0.276 e. The molecule has 0 saturated heterocycles. The van der Waals surface area contributed by atoms with Gasteiger partial charge in [-0.2, -0.15) is 0 Å². The zero-order valence-electron chi connectivity index (χ0n) is 14.1. The number of hydrogen-bond acceptors (Lipinski definition) is 8. The highest BCUT2D eigenvalue weighted by molar-refractivity contribution is 7.90. The molecular weight excluding hydrogens is 410 g/mol. The second-order valence-corrected chi connectivity index (χ2v) is 9.24. The van der Waals surface area contributed by atoms with Gasteiger partial charge < -0.3 is 0 Å². The van der Waals surface area contributed by atoms with Crippen molar-refractivity contribution < 1.29 is 18.1 Å². The third kappa shape index (κ3) is 3.89. The Bertz CT molecular complexity index is 1130. The molecule has 0 fully saturated rings. The second-order valence-electron chi connectivity index (χ2n) is 5.58. The maximum atomic E-state index is 12.5. The number of nitrogens with zero attached hydrogens (tertiary/aromatic N) is 2.